The zero-order valence-corrected chi connectivity index (χ0v) is 16.0. The first kappa shape index (κ1) is 16.8. The minimum atomic E-state index is 0.0373. The summed E-state index contributed by atoms with van der Waals surface area (Å²) in [5, 5.41) is 9.34. The van der Waals surface area contributed by atoms with Crippen molar-refractivity contribution in [3.05, 3.63) is 18.0 Å². The van der Waals surface area contributed by atoms with Crippen LogP contribution in [-0.2, 0) is 11.3 Å². The van der Waals surface area contributed by atoms with E-state index in [0.29, 0.717) is 0 Å². The molecule has 0 spiro atoms. The lowest BCUT2D eigenvalue weighted by atomic mass is 9.86. The summed E-state index contributed by atoms with van der Waals surface area (Å²) in [4.78, 5) is 4.85. The number of nitrogens with zero attached hydrogens (tertiary/aromatic N) is 5. The van der Waals surface area contributed by atoms with Gasteiger partial charge in [-0.15, -0.1) is 10.2 Å². The van der Waals surface area contributed by atoms with Crippen LogP contribution >= 0.6 is 0 Å². The summed E-state index contributed by atoms with van der Waals surface area (Å²) in [5.41, 5.74) is 0. The molecular weight excluding hydrogens is 326 g/mol. The summed E-state index contributed by atoms with van der Waals surface area (Å²) >= 11 is 0. The van der Waals surface area contributed by atoms with E-state index in [1.165, 1.54) is 25.7 Å². The maximum atomic E-state index is 6.26. The third-order valence-corrected chi connectivity index (χ3v) is 6.53. The predicted molar refractivity (Wildman–Crippen MR) is 101 cm³/mol. The van der Waals surface area contributed by atoms with E-state index in [-0.39, 0.29) is 12.2 Å². The minimum absolute atomic E-state index is 0.0373. The second kappa shape index (κ2) is 6.64. The third-order valence-electron chi connectivity index (χ3n) is 6.53. The zero-order chi connectivity index (χ0) is 17.7. The number of ether oxygens (including phenoxy) is 1. The van der Waals surface area contributed by atoms with Crippen molar-refractivity contribution in [1.82, 2.24) is 19.7 Å². The van der Waals surface area contributed by atoms with Crippen LogP contribution in [0.5, 0.6) is 0 Å². The topological polar surface area (TPSA) is 46.4 Å². The lowest BCUT2D eigenvalue weighted by Crippen LogP contribution is -2.41. The second-order valence-electron chi connectivity index (χ2n) is 8.94. The Morgan fingerprint density at radius 3 is 2.42 bits per heavy atom. The molecule has 6 nitrogen and oxygen atoms in total. The molecule has 5 rings (SSSR count). The van der Waals surface area contributed by atoms with E-state index in [0.717, 1.165) is 62.3 Å². The molecule has 2 aliphatic carbocycles. The molecule has 1 saturated carbocycles. The average molecular weight is 358 g/mol. The monoisotopic (exact) mass is 357 g/mol. The SMILES string of the molecule is CC1CN(C)CC(c2nnc(N3C[C@H]4CC=CC[C@H]4C3)n2CC2CC2)O1. The number of hydrogen-bond donors (Lipinski definition) is 0. The van der Waals surface area contributed by atoms with Gasteiger partial charge < -0.3 is 14.5 Å². The number of fused-ring (bicyclic) bond motifs is 1. The van der Waals surface area contributed by atoms with E-state index < -0.39 is 0 Å². The molecule has 0 amide bonds. The van der Waals surface area contributed by atoms with Crippen LogP contribution in [-0.4, -0.2) is 59.0 Å². The van der Waals surface area contributed by atoms with Crippen molar-refractivity contribution in [2.24, 2.45) is 17.8 Å². The molecule has 2 aliphatic heterocycles. The highest BCUT2D eigenvalue weighted by Gasteiger charge is 2.38. The lowest BCUT2D eigenvalue weighted by molar-refractivity contribution is -0.0768. The number of allylic oxidation sites excluding steroid dienone is 2. The van der Waals surface area contributed by atoms with Gasteiger partial charge in [0.05, 0.1) is 6.10 Å². The molecule has 142 valence electrons. The fourth-order valence-electron chi connectivity index (χ4n) is 5.00. The zero-order valence-electron chi connectivity index (χ0n) is 16.0. The molecule has 1 aromatic heterocycles. The highest BCUT2D eigenvalue weighted by Crippen LogP contribution is 2.38. The number of aromatic nitrogens is 3. The van der Waals surface area contributed by atoms with Gasteiger partial charge in [-0.2, -0.15) is 0 Å². The summed E-state index contributed by atoms with van der Waals surface area (Å²) in [6.45, 7) is 7.35. The predicted octanol–water partition coefficient (Wildman–Crippen LogP) is 2.48. The van der Waals surface area contributed by atoms with Gasteiger partial charge in [0.25, 0.3) is 0 Å². The molecular formula is C20H31N5O. The molecule has 0 radical (unpaired) electrons. The Morgan fingerprint density at radius 1 is 1.04 bits per heavy atom. The van der Waals surface area contributed by atoms with Crippen molar-refractivity contribution in [2.45, 2.75) is 51.4 Å². The molecule has 2 saturated heterocycles. The quantitative estimate of drug-likeness (QED) is 0.775. The van der Waals surface area contributed by atoms with Crippen LogP contribution in [0.15, 0.2) is 12.2 Å². The molecule has 0 N–H and O–H groups in total. The molecule has 26 heavy (non-hydrogen) atoms. The number of anilines is 1. The van der Waals surface area contributed by atoms with Gasteiger partial charge in [0.1, 0.15) is 6.10 Å². The van der Waals surface area contributed by atoms with Gasteiger partial charge in [0, 0.05) is 32.7 Å². The molecule has 3 heterocycles. The summed E-state index contributed by atoms with van der Waals surface area (Å²) in [7, 11) is 2.17. The van der Waals surface area contributed by atoms with Gasteiger partial charge in [-0.3, -0.25) is 4.57 Å². The Morgan fingerprint density at radius 2 is 1.77 bits per heavy atom. The molecule has 4 aliphatic rings. The van der Waals surface area contributed by atoms with Gasteiger partial charge in [0.2, 0.25) is 5.95 Å². The number of morpholine rings is 1. The maximum absolute atomic E-state index is 6.26. The maximum Gasteiger partial charge on any atom is 0.227 e. The van der Waals surface area contributed by atoms with Gasteiger partial charge in [-0.05, 0) is 57.4 Å². The van der Waals surface area contributed by atoms with Crippen molar-refractivity contribution in [3.63, 3.8) is 0 Å². The normalized spacial score (nSPS) is 35.1. The van der Waals surface area contributed by atoms with Crippen molar-refractivity contribution < 1.29 is 4.74 Å². The van der Waals surface area contributed by atoms with Crippen LogP contribution in [0.3, 0.4) is 0 Å². The Labute approximate surface area is 156 Å². The Hall–Kier alpha value is -1.40. The van der Waals surface area contributed by atoms with Crippen LogP contribution < -0.4 is 4.90 Å². The van der Waals surface area contributed by atoms with E-state index in [1.807, 2.05) is 0 Å². The summed E-state index contributed by atoms with van der Waals surface area (Å²) in [6, 6.07) is 0. The summed E-state index contributed by atoms with van der Waals surface area (Å²) in [6.07, 6.45) is 10.1. The van der Waals surface area contributed by atoms with E-state index >= 15 is 0 Å². The van der Waals surface area contributed by atoms with Crippen LogP contribution in [0.1, 0.15) is 44.5 Å². The van der Waals surface area contributed by atoms with E-state index in [4.69, 9.17) is 4.74 Å². The van der Waals surface area contributed by atoms with Crippen molar-refractivity contribution in [1.29, 1.82) is 0 Å². The highest BCUT2D eigenvalue weighted by atomic mass is 16.5. The average Bonchev–Trinajstić information content (AvgIpc) is 3.17. The molecule has 2 unspecified atom stereocenters. The Balaban J connectivity index is 1.42. The molecule has 3 fully saturated rings. The van der Waals surface area contributed by atoms with Gasteiger partial charge in [0.15, 0.2) is 5.82 Å². The summed E-state index contributed by atoms with van der Waals surface area (Å²) in [5.74, 6) is 4.50. The molecule has 4 atom stereocenters. The van der Waals surface area contributed by atoms with Crippen molar-refractivity contribution in [3.8, 4) is 0 Å². The second-order valence-corrected chi connectivity index (χ2v) is 8.94. The summed E-state index contributed by atoms with van der Waals surface area (Å²) < 4.78 is 8.66. The minimum Gasteiger partial charge on any atom is -0.365 e. The van der Waals surface area contributed by atoms with Crippen LogP contribution in [0, 0.1) is 17.8 Å². The van der Waals surface area contributed by atoms with E-state index in [1.54, 1.807) is 0 Å². The van der Waals surface area contributed by atoms with Gasteiger partial charge in [-0.25, -0.2) is 0 Å². The molecule has 0 aromatic carbocycles. The van der Waals surface area contributed by atoms with Crippen LogP contribution in [0.25, 0.3) is 0 Å². The Bertz CT molecular complexity index is 656. The fourth-order valence-corrected chi connectivity index (χ4v) is 5.00. The van der Waals surface area contributed by atoms with E-state index in [2.05, 4.69) is 50.7 Å². The molecule has 0 bridgehead atoms. The number of hydrogen-bond acceptors (Lipinski definition) is 5. The lowest BCUT2D eigenvalue weighted by Gasteiger charge is -2.34. The Kier molecular flexibility index (Phi) is 4.28. The third kappa shape index (κ3) is 3.18. The van der Waals surface area contributed by atoms with E-state index in [9.17, 15) is 0 Å². The highest BCUT2D eigenvalue weighted by molar-refractivity contribution is 5.35. The standard InChI is InChI=1S/C20H31N5O/c1-14-9-23(2)13-18(26-14)19-21-22-20(25(19)10-15-7-8-15)24-11-16-5-3-4-6-17(16)12-24/h3-4,14-18H,5-13H2,1-2H3/t14?,16-,17+,18?. The van der Waals surface area contributed by atoms with Gasteiger partial charge in [-0.1, -0.05) is 12.2 Å². The number of likely N-dealkylation sites (N-methyl/N-ethyl adjacent to an activating group) is 1. The first-order chi connectivity index (χ1) is 12.7. The molecule has 1 aromatic rings. The van der Waals surface area contributed by atoms with Crippen LogP contribution in [0.2, 0.25) is 0 Å². The van der Waals surface area contributed by atoms with Crippen LogP contribution in [0.4, 0.5) is 5.95 Å². The van der Waals surface area contributed by atoms with Crippen molar-refractivity contribution >= 4 is 5.95 Å². The smallest absolute Gasteiger partial charge is 0.227 e. The van der Waals surface area contributed by atoms with Crippen molar-refractivity contribution in [2.75, 3.05) is 38.1 Å². The molecule has 6 heteroatoms. The first-order valence-electron chi connectivity index (χ1n) is 10.3. The fraction of sp³-hybridized carbons (Fsp3) is 0.800. The largest absolute Gasteiger partial charge is 0.365 e. The van der Waals surface area contributed by atoms with Gasteiger partial charge >= 0.3 is 0 Å². The number of rotatable bonds is 4. The first-order valence-corrected chi connectivity index (χ1v) is 10.3.